The molecule has 406 valence electrons. The predicted octanol–water partition coefficient (Wildman–Crippen LogP) is 16.4. The van der Waals surface area contributed by atoms with Gasteiger partial charge >= 0.3 is 25.7 Å². The number of aliphatic hydroxyl groups is 1. The summed E-state index contributed by atoms with van der Waals surface area (Å²) in [6, 6.07) is 0. The number of unbranched alkanes of at least 4 members (excludes halogenated alkanes) is 25. The van der Waals surface area contributed by atoms with Crippen molar-refractivity contribution in [2.75, 3.05) is 26.4 Å². The van der Waals surface area contributed by atoms with E-state index in [0.717, 1.165) is 89.9 Å². The summed E-state index contributed by atoms with van der Waals surface area (Å²) >= 11 is 0. The molecule has 0 bridgehead atoms. The summed E-state index contributed by atoms with van der Waals surface area (Å²) in [7, 11) is -4.75. The lowest BCUT2D eigenvalue weighted by Gasteiger charge is -2.21. The number of phosphoric ester groups is 1. The second kappa shape index (κ2) is 52.5. The fourth-order valence-electron chi connectivity index (χ4n) is 7.68. The summed E-state index contributed by atoms with van der Waals surface area (Å²) in [5.74, 6) is -1.49. The molecule has 0 amide bonds. The first-order valence-electron chi connectivity index (χ1n) is 28.2. The highest BCUT2D eigenvalue weighted by molar-refractivity contribution is 7.47. The zero-order chi connectivity index (χ0) is 51.3. The van der Waals surface area contributed by atoms with Crippen LogP contribution in [0.3, 0.4) is 0 Å². The third kappa shape index (κ3) is 50.1. The van der Waals surface area contributed by atoms with Crippen molar-refractivity contribution < 1.29 is 52.2 Å². The number of rotatable bonds is 52. The zero-order valence-electron chi connectivity index (χ0n) is 44.7. The smallest absolute Gasteiger partial charge is 0.462 e. The van der Waals surface area contributed by atoms with Gasteiger partial charge in [-0.15, -0.1) is 0 Å². The second-order valence-corrected chi connectivity index (χ2v) is 20.2. The minimum absolute atomic E-state index is 0.163. The van der Waals surface area contributed by atoms with Crippen LogP contribution in [0.2, 0.25) is 0 Å². The Balaban J connectivity index is 4.75. The van der Waals surface area contributed by atoms with Gasteiger partial charge in [-0.25, -0.2) is 4.57 Å². The number of hydrogen-bond acceptors (Lipinski definition) is 10. The first kappa shape index (κ1) is 67.2. The van der Waals surface area contributed by atoms with Gasteiger partial charge in [-0.2, -0.15) is 0 Å². The molecule has 11 nitrogen and oxygen atoms in total. The van der Waals surface area contributed by atoms with Crippen molar-refractivity contribution in [2.45, 2.75) is 264 Å². The summed E-state index contributed by atoms with van der Waals surface area (Å²) in [5, 5.41) is 9.78. The minimum Gasteiger partial charge on any atom is -0.462 e. The van der Waals surface area contributed by atoms with Crippen LogP contribution in [0, 0.1) is 0 Å². The number of allylic oxidation sites excluding steroid dienone is 10. The molecule has 0 saturated carbocycles. The van der Waals surface area contributed by atoms with E-state index in [1.54, 1.807) is 0 Å². The lowest BCUT2D eigenvalue weighted by atomic mass is 10.0. The van der Waals surface area contributed by atoms with Gasteiger partial charge in [0.1, 0.15) is 12.7 Å². The van der Waals surface area contributed by atoms with Gasteiger partial charge in [-0.1, -0.05) is 229 Å². The summed E-state index contributed by atoms with van der Waals surface area (Å²) in [6.07, 6.45) is 56.1. The maximum absolute atomic E-state index is 12.9. The van der Waals surface area contributed by atoms with Crippen molar-refractivity contribution in [3.8, 4) is 0 Å². The number of aliphatic hydroxyl groups excluding tert-OH is 1. The van der Waals surface area contributed by atoms with Gasteiger partial charge in [0.2, 0.25) is 0 Å². The number of carbonyl (C=O) groups is 3. The predicted molar refractivity (Wildman–Crippen MR) is 288 cm³/mol. The molecule has 0 rings (SSSR count). The van der Waals surface area contributed by atoms with Gasteiger partial charge in [-0.05, 0) is 64.2 Å². The molecular weight excluding hydrogens is 904 g/mol. The molecule has 0 saturated heterocycles. The minimum atomic E-state index is -4.75. The average molecular weight is 1010 g/mol. The molecule has 0 aromatic carbocycles. The fourth-order valence-corrected chi connectivity index (χ4v) is 8.46. The van der Waals surface area contributed by atoms with Crippen molar-refractivity contribution in [1.29, 1.82) is 0 Å². The molecule has 3 unspecified atom stereocenters. The highest BCUT2D eigenvalue weighted by atomic mass is 31.2. The van der Waals surface area contributed by atoms with E-state index in [-0.39, 0.29) is 25.9 Å². The molecule has 0 heterocycles. The maximum atomic E-state index is 12.9. The molecule has 0 radical (unpaired) electrons. The Labute approximate surface area is 427 Å². The van der Waals surface area contributed by atoms with Crippen LogP contribution < -0.4 is 0 Å². The first-order chi connectivity index (χ1) is 34.2. The molecule has 0 aromatic rings. The quantitative estimate of drug-likeness (QED) is 0.0197. The van der Waals surface area contributed by atoms with Crippen LogP contribution in [0.25, 0.3) is 0 Å². The molecule has 0 aromatic heterocycles. The van der Waals surface area contributed by atoms with E-state index < -0.39 is 57.8 Å². The molecule has 0 fully saturated rings. The van der Waals surface area contributed by atoms with Crippen molar-refractivity contribution in [2.24, 2.45) is 0 Å². The zero-order valence-corrected chi connectivity index (χ0v) is 45.6. The van der Waals surface area contributed by atoms with Crippen LogP contribution in [0.4, 0.5) is 0 Å². The van der Waals surface area contributed by atoms with E-state index in [1.165, 1.54) is 103 Å². The topological polar surface area (TPSA) is 155 Å². The van der Waals surface area contributed by atoms with Gasteiger partial charge in [0, 0.05) is 19.3 Å². The van der Waals surface area contributed by atoms with Gasteiger partial charge in [0.15, 0.2) is 6.10 Å². The SMILES string of the molecule is CC/C=C\C/C=C\C/C=C\C/C=C\C/C=C\CCCCCC(=O)OCC(COP(=O)(O)OCC(CO)OC(=O)CCCCCCCCCCCCC)OC(=O)CCCCCCCCCCCCCCC. The molecule has 2 N–H and O–H groups in total. The molecule has 0 aliphatic heterocycles. The van der Waals surface area contributed by atoms with Crippen molar-refractivity contribution in [1.82, 2.24) is 0 Å². The van der Waals surface area contributed by atoms with E-state index in [0.29, 0.717) is 19.3 Å². The number of phosphoric acid groups is 1. The Bertz CT molecular complexity index is 1410. The van der Waals surface area contributed by atoms with E-state index in [2.05, 4.69) is 81.5 Å². The Morgan fingerprint density at radius 3 is 1.14 bits per heavy atom. The van der Waals surface area contributed by atoms with Crippen LogP contribution in [0.15, 0.2) is 60.8 Å². The molecule has 0 aliphatic rings. The van der Waals surface area contributed by atoms with Crippen molar-refractivity contribution in [3.63, 3.8) is 0 Å². The highest BCUT2D eigenvalue weighted by Crippen LogP contribution is 2.43. The van der Waals surface area contributed by atoms with E-state index in [4.69, 9.17) is 23.3 Å². The van der Waals surface area contributed by atoms with E-state index >= 15 is 0 Å². The number of hydrogen-bond donors (Lipinski definition) is 2. The van der Waals surface area contributed by atoms with Crippen LogP contribution in [0.1, 0.15) is 252 Å². The number of ether oxygens (including phenoxy) is 3. The summed E-state index contributed by atoms with van der Waals surface area (Å²) in [6.45, 7) is 4.50. The second-order valence-electron chi connectivity index (χ2n) is 18.7. The first-order valence-corrected chi connectivity index (χ1v) is 29.7. The van der Waals surface area contributed by atoms with Crippen LogP contribution >= 0.6 is 7.82 Å². The Kier molecular flexibility index (Phi) is 50.4. The van der Waals surface area contributed by atoms with Crippen LogP contribution in [-0.2, 0) is 42.2 Å². The van der Waals surface area contributed by atoms with Crippen LogP contribution in [0.5, 0.6) is 0 Å². The summed E-state index contributed by atoms with van der Waals surface area (Å²) in [5.41, 5.74) is 0. The van der Waals surface area contributed by atoms with Gasteiger partial charge in [0.05, 0.1) is 19.8 Å². The molecule has 3 atom stereocenters. The Morgan fingerprint density at radius 1 is 0.414 bits per heavy atom. The molecular formula is C58H103O11P. The van der Waals surface area contributed by atoms with Crippen LogP contribution in [-0.4, -0.2) is 66.5 Å². The maximum Gasteiger partial charge on any atom is 0.472 e. The van der Waals surface area contributed by atoms with E-state index in [1.807, 2.05) is 0 Å². The van der Waals surface area contributed by atoms with Gasteiger partial charge in [0.25, 0.3) is 0 Å². The van der Waals surface area contributed by atoms with Gasteiger partial charge < -0.3 is 24.2 Å². The monoisotopic (exact) mass is 1010 g/mol. The van der Waals surface area contributed by atoms with Gasteiger partial charge in [-0.3, -0.25) is 23.4 Å². The molecule has 0 aliphatic carbocycles. The highest BCUT2D eigenvalue weighted by Gasteiger charge is 2.28. The Hall–Kier alpha value is -2.82. The number of carbonyl (C=O) groups excluding carboxylic acids is 3. The summed E-state index contributed by atoms with van der Waals surface area (Å²) in [4.78, 5) is 48.4. The van der Waals surface area contributed by atoms with Crippen molar-refractivity contribution >= 4 is 25.7 Å². The largest absolute Gasteiger partial charge is 0.472 e. The fraction of sp³-hybridized carbons (Fsp3) is 0.776. The lowest BCUT2D eigenvalue weighted by Crippen LogP contribution is -2.30. The standard InChI is InChI=1S/C58H103O11P/c1-4-7-10-13-16-19-22-24-25-26-27-28-29-31-33-35-38-41-44-47-56(60)65-51-55(69-58(62)49-46-43-40-37-34-30-23-20-17-14-11-8-5-2)53-67-70(63,64)66-52-54(50-59)68-57(61)48-45-42-39-36-32-21-18-15-12-9-6-3/h7,10,16,19,24-25,27-28,31,33,54-55,59H,4-6,8-9,11-15,17-18,20-23,26,29-30,32,34-53H2,1-3H3,(H,63,64)/b10-7-,19-16-,25-24-,28-27-,33-31-. The third-order valence-electron chi connectivity index (χ3n) is 12.0. The summed E-state index contributed by atoms with van der Waals surface area (Å²) < 4.78 is 39.4. The molecule has 70 heavy (non-hydrogen) atoms. The molecule has 0 spiro atoms. The molecule has 12 heteroatoms. The van der Waals surface area contributed by atoms with Crippen molar-refractivity contribution in [3.05, 3.63) is 60.8 Å². The van der Waals surface area contributed by atoms with E-state index in [9.17, 15) is 28.9 Å². The Morgan fingerprint density at radius 2 is 0.743 bits per heavy atom. The lowest BCUT2D eigenvalue weighted by molar-refractivity contribution is -0.161. The number of esters is 3. The average Bonchev–Trinajstić information content (AvgIpc) is 3.35. The normalized spacial score (nSPS) is 13.8. The third-order valence-corrected chi connectivity index (χ3v) is 12.9.